The second-order valence-electron chi connectivity index (χ2n) is 8.53. The van der Waals surface area contributed by atoms with Crippen LogP contribution in [0.5, 0.6) is 0 Å². The van der Waals surface area contributed by atoms with Crippen molar-refractivity contribution < 1.29 is 4.39 Å². The molecule has 1 aliphatic heterocycles. The number of hydrogen-bond donors (Lipinski definition) is 1. The van der Waals surface area contributed by atoms with Crippen molar-refractivity contribution in [2.75, 3.05) is 31.1 Å². The number of piperazine rings is 1. The number of nitrogens with zero attached hydrogens (tertiary/aromatic N) is 6. The van der Waals surface area contributed by atoms with E-state index in [9.17, 15) is 4.39 Å². The zero-order valence-corrected chi connectivity index (χ0v) is 18.6. The lowest BCUT2D eigenvalue weighted by Gasteiger charge is -2.28. The maximum absolute atomic E-state index is 14.5. The van der Waals surface area contributed by atoms with Crippen molar-refractivity contribution in [3.05, 3.63) is 66.2 Å². The van der Waals surface area contributed by atoms with Gasteiger partial charge in [-0.3, -0.25) is 4.68 Å². The maximum Gasteiger partial charge on any atom is 0.128 e. The lowest BCUT2D eigenvalue weighted by Crippen LogP contribution is -2.43. The quantitative estimate of drug-likeness (QED) is 0.461. The van der Waals surface area contributed by atoms with Crippen LogP contribution in [0, 0.1) is 12.7 Å². The van der Waals surface area contributed by atoms with Crippen molar-refractivity contribution in [1.29, 1.82) is 0 Å². The number of hydrogen-bond acceptors (Lipinski definition) is 5. The number of aromatic nitrogens is 5. The summed E-state index contributed by atoms with van der Waals surface area (Å²) < 4.78 is 18.2. The Morgan fingerprint density at radius 3 is 2.64 bits per heavy atom. The molecule has 33 heavy (non-hydrogen) atoms. The van der Waals surface area contributed by atoms with Gasteiger partial charge < -0.3 is 10.2 Å². The van der Waals surface area contributed by atoms with Gasteiger partial charge in [0.05, 0.1) is 22.9 Å². The van der Waals surface area contributed by atoms with Crippen LogP contribution in [0.15, 0.2) is 54.9 Å². The van der Waals surface area contributed by atoms with E-state index in [1.165, 1.54) is 0 Å². The molecule has 0 radical (unpaired) electrons. The van der Waals surface area contributed by atoms with E-state index >= 15 is 0 Å². The van der Waals surface area contributed by atoms with Crippen molar-refractivity contribution >= 4 is 27.6 Å². The molecule has 7 nitrogen and oxygen atoms in total. The maximum atomic E-state index is 14.5. The van der Waals surface area contributed by atoms with Crippen LogP contribution in [0.4, 0.5) is 10.2 Å². The van der Waals surface area contributed by atoms with E-state index in [4.69, 9.17) is 10.1 Å². The average Bonchev–Trinajstić information content (AvgIpc) is 3.40. The van der Waals surface area contributed by atoms with Gasteiger partial charge in [-0.2, -0.15) is 10.2 Å². The highest BCUT2D eigenvalue weighted by atomic mass is 19.1. The molecule has 1 saturated heterocycles. The zero-order valence-electron chi connectivity index (χ0n) is 18.6. The number of rotatable bonds is 3. The molecule has 3 aromatic heterocycles. The van der Waals surface area contributed by atoms with Crippen molar-refractivity contribution in [3.8, 4) is 16.9 Å². The van der Waals surface area contributed by atoms with Gasteiger partial charge in [-0.1, -0.05) is 12.1 Å². The summed E-state index contributed by atoms with van der Waals surface area (Å²) in [6, 6.07) is 13.1. The molecule has 2 aromatic carbocycles. The molecule has 0 unspecified atom stereocenters. The predicted octanol–water partition coefficient (Wildman–Crippen LogP) is 3.83. The van der Waals surface area contributed by atoms with E-state index in [-0.39, 0.29) is 5.82 Å². The number of halogens is 1. The van der Waals surface area contributed by atoms with Crippen LogP contribution in [-0.4, -0.2) is 50.7 Å². The molecule has 1 aliphatic rings. The highest BCUT2D eigenvalue weighted by molar-refractivity contribution is 6.03. The van der Waals surface area contributed by atoms with E-state index in [0.29, 0.717) is 0 Å². The van der Waals surface area contributed by atoms with Crippen LogP contribution in [0.2, 0.25) is 0 Å². The molecule has 6 rings (SSSR count). The first kappa shape index (κ1) is 19.9. The molecule has 0 saturated carbocycles. The van der Waals surface area contributed by atoms with Crippen LogP contribution in [0.1, 0.15) is 5.56 Å². The summed E-state index contributed by atoms with van der Waals surface area (Å²) in [4.78, 5) is 6.99. The van der Waals surface area contributed by atoms with Crippen LogP contribution in [-0.2, 0) is 7.05 Å². The van der Waals surface area contributed by atoms with Crippen LogP contribution < -0.4 is 10.2 Å². The monoisotopic (exact) mass is 441 g/mol. The van der Waals surface area contributed by atoms with Crippen molar-refractivity contribution in [1.82, 2.24) is 29.9 Å². The highest BCUT2D eigenvalue weighted by Gasteiger charge is 2.20. The van der Waals surface area contributed by atoms with Gasteiger partial charge in [0.15, 0.2) is 0 Å². The van der Waals surface area contributed by atoms with Gasteiger partial charge in [-0.15, -0.1) is 0 Å². The first-order valence-corrected chi connectivity index (χ1v) is 11.1. The third-order valence-corrected chi connectivity index (χ3v) is 6.27. The minimum atomic E-state index is -0.272. The Morgan fingerprint density at radius 2 is 1.85 bits per heavy atom. The summed E-state index contributed by atoms with van der Waals surface area (Å²) in [5.74, 6) is 0.686. The van der Waals surface area contributed by atoms with Gasteiger partial charge in [0.25, 0.3) is 0 Å². The largest absolute Gasteiger partial charge is 0.354 e. The van der Waals surface area contributed by atoms with E-state index in [1.807, 2.05) is 61.4 Å². The van der Waals surface area contributed by atoms with E-state index < -0.39 is 0 Å². The number of anilines is 1. The second kappa shape index (κ2) is 7.67. The number of nitrogens with one attached hydrogen (secondary N) is 1. The molecular weight excluding hydrogens is 417 g/mol. The smallest absolute Gasteiger partial charge is 0.128 e. The molecule has 1 N–H and O–H groups in total. The van der Waals surface area contributed by atoms with Gasteiger partial charge in [-0.05, 0) is 42.8 Å². The minimum absolute atomic E-state index is 0.272. The Balaban J connectivity index is 1.53. The average molecular weight is 442 g/mol. The molecule has 0 spiro atoms. The first-order valence-electron chi connectivity index (χ1n) is 11.1. The van der Waals surface area contributed by atoms with E-state index in [2.05, 4.69) is 15.3 Å². The molecular formula is C25H24FN7. The summed E-state index contributed by atoms with van der Waals surface area (Å²) in [5, 5.41) is 14.6. The molecule has 5 aromatic rings. The Labute approximate surface area is 190 Å². The standard InChI is InChI=1S/C25H24FN7/c1-16-12-17(26)13-20-24(19-4-3-5-22-21(19)15-31(2)29-22)30-33(25(16)20)18-6-7-23(28-14-18)32-10-8-27-9-11-32/h3-7,12-15,27H,8-11H2,1-2H3. The van der Waals surface area contributed by atoms with Crippen LogP contribution in [0.25, 0.3) is 38.8 Å². The lowest BCUT2D eigenvalue weighted by molar-refractivity contribution is 0.585. The van der Waals surface area contributed by atoms with Crippen molar-refractivity contribution in [3.63, 3.8) is 0 Å². The Bertz CT molecular complexity index is 1480. The SMILES string of the molecule is Cc1cc(F)cc2c(-c3cccc4nn(C)cc34)nn(-c3ccc(N4CCNCC4)nc3)c12. The fraction of sp³-hybridized carbons (Fsp3) is 0.240. The van der Waals surface area contributed by atoms with Gasteiger partial charge in [0, 0.05) is 55.8 Å². The number of pyridine rings is 1. The lowest BCUT2D eigenvalue weighted by atomic mass is 10.0. The Hall–Kier alpha value is -3.78. The van der Waals surface area contributed by atoms with Gasteiger partial charge in [-0.25, -0.2) is 14.1 Å². The second-order valence-corrected chi connectivity index (χ2v) is 8.53. The molecule has 166 valence electrons. The van der Waals surface area contributed by atoms with Crippen LogP contribution >= 0.6 is 0 Å². The van der Waals surface area contributed by atoms with E-state index in [1.54, 1.807) is 16.8 Å². The van der Waals surface area contributed by atoms with E-state index in [0.717, 1.165) is 76.3 Å². The topological polar surface area (TPSA) is 63.8 Å². The number of benzene rings is 2. The first-order chi connectivity index (χ1) is 16.1. The van der Waals surface area contributed by atoms with Crippen LogP contribution in [0.3, 0.4) is 0 Å². The zero-order chi connectivity index (χ0) is 22.5. The van der Waals surface area contributed by atoms with Crippen molar-refractivity contribution in [2.24, 2.45) is 7.05 Å². The predicted molar refractivity (Wildman–Crippen MR) is 128 cm³/mol. The Kier molecular flexibility index (Phi) is 4.62. The summed E-state index contributed by atoms with van der Waals surface area (Å²) in [6.45, 7) is 5.71. The fourth-order valence-corrected chi connectivity index (χ4v) is 4.74. The normalized spacial score (nSPS) is 14.5. The molecule has 0 bridgehead atoms. The highest BCUT2D eigenvalue weighted by Crippen LogP contribution is 2.36. The molecule has 4 heterocycles. The molecule has 0 atom stereocenters. The molecule has 1 fully saturated rings. The van der Waals surface area contributed by atoms with Gasteiger partial charge >= 0.3 is 0 Å². The third kappa shape index (κ3) is 3.34. The summed E-state index contributed by atoms with van der Waals surface area (Å²) in [5.41, 5.74) is 5.10. The molecule has 0 aliphatic carbocycles. The summed E-state index contributed by atoms with van der Waals surface area (Å²) >= 11 is 0. The minimum Gasteiger partial charge on any atom is -0.354 e. The summed E-state index contributed by atoms with van der Waals surface area (Å²) in [7, 11) is 1.90. The number of aryl methyl sites for hydroxylation is 2. The molecule has 0 amide bonds. The molecule has 8 heteroatoms. The Morgan fingerprint density at radius 1 is 1.00 bits per heavy atom. The summed E-state index contributed by atoms with van der Waals surface area (Å²) in [6.07, 6.45) is 3.83. The third-order valence-electron chi connectivity index (χ3n) is 6.27. The number of fused-ring (bicyclic) bond motifs is 2. The van der Waals surface area contributed by atoms with Gasteiger partial charge in [0.2, 0.25) is 0 Å². The van der Waals surface area contributed by atoms with Crippen molar-refractivity contribution in [2.45, 2.75) is 6.92 Å². The van der Waals surface area contributed by atoms with Gasteiger partial charge in [0.1, 0.15) is 17.3 Å². The fourth-order valence-electron chi connectivity index (χ4n) is 4.74.